The second kappa shape index (κ2) is 5.73. The number of benzene rings is 1. The fourth-order valence-electron chi connectivity index (χ4n) is 2.42. The summed E-state index contributed by atoms with van der Waals surface area (Å²) in [7, 11) is 0. The summed E-state index contributed by atoms with van der Waals surface area (Å²) in [5.74, 6) is 1.27. The van der Waals surface area contributed by atoms with Gasteiger partial charge in [-0.05, 0) is 25.3 Å². The van der Waals surface area contributed by atoms with E-state index in [4.69, 9.17) is 15.0 Å². The fourth-order valence-corrected chi connectivity index (χ4v) is 2.42. The Labute approximate surface area is 118 Å². The zero-order chi connectivity index (χ0) is 13.9. The first kappa shape index (κ1) is 13.3. The molecule has 1 aromatic heterocycles. The highest BCUT2D eigenvalue weighted by Gasteiger charge is 2.29. The molecule has 0 amide bonds. The molecule has 1 aliphatic heterocycles. The van der Waals surface area contributed by atoms with Crippen LogP contribution in [0.3, 0.4) is 0 Å². The van der Waals surface area contributed by atoms with Gasteiger partial charge in [0, 0.05) is 13.0 Å². The van der Waals surface area contributed by atoms with Crippen molar-refractivity contribution in [3.05, 3.63) is 47.1 Å². The molecule has 1 aromatic carbocycles. The molecule has 0 aliphatic carbocycles. The summed E-state index contributed by atoms with van der Waals surface area (Å²) in [6.07, 6.45) is 2.55. The van der Waals surface area contributed by atoms with Crippen molar-refractivity contribution in [2.24, 2.45) is 5.73 Å². The summed E-state index contributed by atoms with van der Waals surface area (Å²) < 4.78 is 11.1. The van der Waals surface area contributed by atoms with Gasteiger partial charge in [0.25, 0.3) is 5.89 Å². The molecule has 2 unspecified atom stereocenters. The highest BCUT2D eigenvalue weighted by Crippen LogP contribution is 2.31. The second-order valence-electron chi connectivity index (χ2n) is 5.27. The van der Waals surface area contributed by atoms with E-state index in [-0.39, 0.29) is 12.2 Å². The van der Waals surface area contributed by atoms with E-state index in [9.17, 15) is 0 Å². The van der Waals surface area contributed by atoms with Crippen LogP contribution in [0.4, 0.5) is 0 Å². The van der Waals surface area contributed by atoms with E-state index in [0.717, 1.165) is 12.8 Å². The van der Waals surface area contributed by atoms with Crippen molar-refractivity contribution in [3.8, 4) is 0 Å². The molecule has 3 rings (SSSR count). The van der Waals surface area contributed by atoms with Crippen molar-refractivity contribution in [1.82, 2.24) is 10.1 Å². The smallest absolute Gasteiger partial charge is 0.255 e. The molecule has 2 heterocycles. The van der Waals surface area contributed by atoms with Crippen LogP contribution in [-0.4, -0.2) is 22.8 Å². The lowest BCUT2D eigenvalue weighted by Gasteiger charge is -2.07. The van der Waals surface area contributed by atoms with Gasteiger partial charge in [-0.15, -0.1) is 0 Å². The molecule has 106 valence electrons. The summed E-state index contributed by atoms with van der Waals surface area (Å²) in [6, 6.07) is 8.34. The zero-order valence-corrected chi connectivity index (χ0v) is 11.6. The maximum atomic E-state index is 5.75. The van der Waals surface area contributed by atoms with Crippen LogP contribution in [-0.2, 0) is 11.2 Å². The molecule has 0 bridgehead atoms. The van der Waals surface area contributed by atoms with E-state index in [1.165, 1.54) is 11.1 Å². The second-order valence-corrected chi connectivity index (χ2v) is 5.27. The standard InChI is InChI=1S/C15H19N3O2/c1-10-2-4-11(5-3-10)8-14-17-15(20-18-14)13-7-6-12(9-16)19-13/h2-5,12-13H,6-9,16H2,1H3. The van der Waals surface area contributed by atoms with Crippen LogP contribution < -0.4 is 5.73 Å². The van der Waals surface area contributed by atoms with E-state index in [2.05, 4.69) is 41.3 Å². The van der Waals surface area contributed by atoms with Crippen molar-refractivity contribution < 1.29 is 9.26 Å². The van der Waals surface area contributed by atoms with Crippen molar-refractivity contribution in [2.75, 3.05) is 6.54 Å². The monoisotopic (exact) mass is 273 g/mol. The van der Waals surface area contributed by atoms with Crippen molar-refractivity contribution in [1.29, 1.82) is 0 Å². The Kier molecular flexibility index (Phi) is 3.80. The first-order valence-corrected chi connectivity index (χ1v) is 6.98. The van der Waals surface area contributed by atoms with Crippen LogP contribution >= 0.6 is 0 Å². The predicted molar refractivity (Wildman–Crippen MR) is 74.2 cm³/mol. The van der Waals surface area contributed by atoms with E-state index in [1.54, 1.807) is 0 Å². The highest BCUT2D eigenvalue weighted by atomic mass is 16.5. The van der Waals surface area contributed by atoms with Gasteiger partial charge in [-0.3, -0.25) is 0 Å². The Hall–Kier alpha value is -1.72. The summed E-state index contributed by atoms with van der Waals surface area (Å²) in [5.41, 5.74) is 8.02. The van der Waals surface area contributed by atoms with Crippen molar-refractivity contribution in [3.63, 3.8) is 0 Å². The Balaban J connectivity index is 1.66. The summed E-state index contributed by atoms with van der Waals surface area (Å²) in [5, 5.41) is 4.03. The van der Waals surface area contributed by atoms with Crippen molar-refractivity contribution >= 4 is 0 Å². The molecule has 2 N–H and O–H groups in total. The molecule has 0 radical (unpaired) electrons. The highest BCUT2D eigenvalue weighted by molar-refractivity contribution is 5.23. The first-order valence-electron chi connectivity index (χ1n) is 6.98. The Morgan fingerprint density at radius 1 is 1.25 bits per heavy atom. The van der Waals surface area contributed by atoms with Crippen LogP contribution in [0.5, 0.6) is 0 Å². The quantitative estimate of drug-likeness (QED) is 0.923. The lowest BCUT2D eigenvalue weighted by atomic mass is 10.1. The van der Waals surface area contributed by atoms with E-state index < -0.39 is 0 Å². The predicted octanol–water partition coefficient (Wildman–Crippen LogP) is 2.15. The molecule has 1 aliphatic rings. The Morgan fingerprint density at radius 3 is 2.75 bits per heavy atom. The molecular formula is C15H19N3O2. The number of aromatic nitrogens is 2. The number of ether oxygens (including phenoxy) is 1. The lowest BCUT2D eigenvalue weighted by Crippen LogP contribution is -2.18. The van der Waals surface area contributed by atoms with Crippen LogP contribution in [0.1, 0.15) is 41.8 Å². The normalized spacial score (nSPS) is 22.3. The van der Waals surface area contributed by atoms with Gasteiger partial charge >= 0.3 is 0 Å². The third-order valence-corrected chi connectivity index (χ3v) is 3.61. The third kappa shape index (κ3) is 2.89. The third-order valence-electron chi connectivity index (χ3n) is 3.61. The minimum absolute atomic E-state index is 0.0946. The number of nitrogens with zero attached hydrogens (tertiary/aromatic N) is 2. The fraction of sp³-hybridized carbons (Fsp3) is 0.467. The van der Waals surface area contributed by atoms with Crippen LogP contribution in [0.15, 0.2) is 28.8 Å². The van der Waals surface area contributed by atoms with Gasteiger partial charge < -0.3 is 15.0 Å². The van der Waals surface area contributed by atoms with Gasteiger partial charge in [0.15, 0.2) is 5.82 Å². The van der Waals surface area contributed by atoms with Gasteiger partial charge in [-0.1, -0.05) is 35.0 Å². The molecule has 5 heteroatoms. The lowest BCUT2D eigenvalue weighted by molar-refractivity contribution is 0.0307. The number of hydrogen-bond acceptors (Lipinski definition) is 5. The summed E-state index contributed by atoms with van der Waals surface area (Å²) in [6.45, 7) is 2.61. The molecule has 20 heavy (non-hydrogen) atoms. The van der Waals surface area contributed by atoms with Gasteiger partial charge in [0.2, 0.25) is 0 Å². The Bertz CT molecular complexity index is 565. The molecule has 5 nitrogen and oxygen atoms in total. The molecule has 1 saturated heterocycles. The largest absolute Gasteiger partial charge is 0.364 e. The van der Waals surface area contributed by atoms with E-state index >= 15 is 0 Å². The molecule has 0 spiro atoms. The maximum Gasteiger partial charge on any atom is 0.255 e. The minimum atomic E-state index is -0.0946. The summed E-state index contributed by atoms with van der Waals surface area (Å²) >= 11 is 0. The molecule has 2 aromatic rings. The number of hydrogen-bond donors (Lipinski definition) is 1. The first-order chi connectivity index (χ1) is 9.74. The van der Waals surface area contributed by atoms with E-state index in [1.807, 2.05) is 0 Å². The number of aryl methyl sites for hydroxylation is 1. The van der Waals surface area contributed by atoms with E-state index in [0.29, 0.717) is 24.7 Å². The van der Waals surface area contributed by atoms with Crippen LogP contribution in [0.2, 0.25) is 0 Å². The molecule has 2 atom stereocenters. The molecular weight excluding hydrogens is 254 g/mol. The Morgan fingerprint density at radius 2 is 2.05 bits per heavy atom. The average Bonchev–Trinajstić information content (AvgIpc) is 3.10. The topological polar surface area (TPSA) is 74.2 Å². The minimum Gasteiger partial charge on any atom is -0.364 e. The average molecular weight is 273 g/mol. The maximum absolute atomic E-state index is 5.75. The molecule has 0 saturated carbocycles. The van der Waals surface area contributed by atoms with Gasteiger partial charge in [-0.25, -0.2) is 0 Å². The summed E-state index contributed by atoms with van der Waals surface area (Å²) in [4.78, 5) is 4.44. The SMILES string of the molecule is Cc1ccc(Cc2noc(C3CCC(CN)O3)n2)cc1. The molecule has 1 fully saturated rings. The van der Waals surface area contributed by atoms with Crippen LogP contribution in [0, 0.1) is 6.92 Å². The van der Waals surface area contributed by atoms with Gasteiger partial charge in [0.05, 0.1) is 6.10 Å². The number of nitrogens with two attached hydrogens (primary N) is 1. The van der Waals surface area contributed by atoms with Gasteiger partial charge in [-0.2, -0.15) is 4.98 Å². The zero-order valence-electron chi connectivity index (χ0n) is 11.6. The number of rotatable bonds is 4. The van der Waals surface area contributed by atoms with Crippen molar-refractivity contribution in [2.45, 2.75) is 38.4 Å². The van der Waals surface area contributed by atoms with Crippen LogP contribution in [0.25, 0.3) is 0 Å². The van der Waals surface area contributed by atoms with Gasteiger partial charge in [0.1, 0.15) is 6.10 Å².